The molecule has 0 atom stereocenters. The highest BCUT2D eigenvalue weighted by molar-refractivity contribution is 5.96. The lowest BCUT2D eigenvalue weighted by atomic mass is 10.0. The fourth-order valence-corrected chi connectivity index (χ4v) is 3.18. The number of nitriles is 1. The maximum Gasteiger partial charge on any atom is 0.273 e. The third kappa shape index (κ3) is 4.67. The van der Waals surface area contributed by atoms with Crippen molar-refractivity contribution in [3.8, 4) is 6.07 Å². The van der Waals surface area contributed by atoms with Crippen LogP contribution in [-0.2, 0) is 13.1 Å². The number of rotatable bonds is 6. The summed E-state index contributed by atoms with van der Waals surface area (Å²) < 4.78 is 13.6. The molecule has 0 saturated heterocycles. The summed E-state index contributed by atoms with van der Waals surface area (Å²) in [5, 5.41) is 20.2. The molecule has 3 rings (SSSR count). The van der Waals surface area contributed by atoms with Gasteiger partial charge in [0.25, 0.3) is 11.6 Å². The molecule has 0 fully saturated rings. The molecule has 6 nitrogen and oxygen atoms in total. The number of nitro groups is 1. The standard InChI is InChI=1S/C23H18FN3O3/c1-16-21(6-3-7-22(16)27(29)30)23(28)26(15-19-4-2-5-20(24)12-19)14-18-10-8-17(13-25)9-11-18/h2-12H,14-15H2,1H3. The molecular weight excluding hydrogens is 385 g/mol. The van der Waals surface area contributed by atoms with Crippen LogP contribution in [-0.4, -0.2) is 15.7 Å². The van der Waals surface area contributed by atoms with Crippen LogP contribution in [0.3, 0.4) is 0 Å². The molecule has 0 radical (unpaired) electrons. The van der Waals surface area contributed by atoms with Crippen LogP contribution in [0.4, 0.5) is 10.1 Å². The van der Waals surface area contributed by atoms with Gasteiger partial charge >= 0.3 is 0 Å². The Kier molecular flexibility index (Phi) is 6.18. The van der Waals surface area contributed by atoms with Crippen molar-refractivity contribution < 1.29 is 14.1 Å². The van der Waals surface area contributed by atoms with Crippen LogP contribution < -0.4 is 0 Å². The number of benzene rings is 3. The molecule has 0 heterocycles. The Morgan fingerprint density at radius 2 is 1.73 bits per heavy atom. The smallest absolute Gasteiger partial charge is 0.273 e. The maximum atomic E-state index is 13.6. The number of carbonyl (C=O) groups is 1. The van der Waals surface area contributed by atoms with E-state index in [-0.39, 0.29) is 29.9 Å². The molecule has 30 heavy (non-hydrogen) atoms. The summed E-state index contributed by atoms with van der Waals surface area (Å²) in [4.78, 5) is 25.6. The highest BCUT2D eigenvalue weighted by Crippen LogP contribution is 2.24. The summed E-state index contributed by atoms with van der Waals surface area (Å²) in [6, 6.07) is 19.1. The van der Waals surface area contributed by atoms with E-state index in [1.165, 1.54) is 36.1 Å². The largest absolute Gasteiger partial charge is 0.330 e. The third-order valence-electron chi connectivity index (χ3n) is 4.74. The summed E-state index contributed by atoms with van der Waals surface area (Å²) in [6.07, 6.45) is 0. The Bertz CT molecular complexity index is 1140. The molecule has 0 N–H and O–H groups in total. The molecule has 7 heteroatoms. The zero-order valence-corrected chi connectivity index (χ0v) is 16.2. The Balaban J connectivity index is 1.97. The van der Waals surface area contributed by atoms with Crippen molar-refractivity contribution in [2.45, 2.75) is 20.0 Å². The lowest BCUT2D eigenvalue weighted by molar-refractivity contribution is -0.385. The SMILES string of the molecule is Cc1c(C(=O)N(Cc2ccc(C#N)cc2)Cc2cccc(F)c2)cccc1[N+](=O)[O-]. The molecule has 150 valence electrons. The van der Waals surface area contributed by atoms with Crippen LogP contribution in [0.15, 0.2) is 66.7 Å². The van der Waals surface area contributed by atoms with Crippen LogP contribution in [0.1, 0.15) is 32.6 Å². The van der Waals surface area contributed by atoms with E-state index in [0.717, 1.165) is 5.56 Å². The Labute approximate surface area is 173 Å². The van der Waals surface area contributed by atoms with E-state index in [4.69, 9.17) is 5.26 Å². The van der Waals surface area contributed by atoms with E-state index >= 15 is 0 Å². The molecule has 1 amide bonds. The molecule has 0 aromatic heterocycles. The Morgan fingerprint density at radius 3 is 2.37 bits per heavy atom. The molecule has 0 aliphatic carbocycles. The first-order valence-corrected chi connectivity index (χ1v) is 9.16. The molecule has 0 unspecified atom stereocenters. The van der Waals surface area contributed by atoms with Gasteiger partial charge in [-0.1, -0.05) is 30.3 Å². The van der Waals surface area contributed by atoms with Gasteiger partial charge in [0.05, 0.1) is 16.6 Å². The average molecular weight is 403 g/mol. The molecular formula is C23H18FN3O3. The molecule has 0 aliphatic heterocycles. The van der Waals surface area contributed by atoms with Gasteiger partial charge in [0.1, 0.15) is 5.82 Å². The number of halogens is 1. The van der Waals surface area contributed by atoms with Crippen molar-refractivity contribution in [1.82, 2.24) is 4.90 Å². The highest BCUT2D eigenvalue weighted by atomic mass is 19.1. The van der Waals surface area contributed by atoms with Gasteiger partial charge < -0.3 is 4.90 Å². The minimum absolute atomic E-state index is 0.124. The van der Waals surface area contributed by atoms with Gasteiger partial charge in [0, 0.05) is 30.3 Å². The van der Waals surface area contributed by atoms with Gasteiger partial charge in [0.15, 0.2) is 0 Å². The van der Waals surface area contributed by atoms with Crippen LogP contribution >= 0.6 is 0 Å². The first kappa shape index (κ1) is 20.7. The van der Waals surface area contributed by atoms with Crippen LogP contribution in [0, 0.1) is 34.2 Å². The van der Waals surface area contributed by atoms with Gasteiger partial charge in [-0.15, -0.1) is 0 Å². The maximum absolute atomic E-state index is 13.6. The lowest BCUT2D eigenvalue weighted by Gasteiger charge is -2.24. The second kappa shape index (κ2) is 8.97. The summed E-state index contributed by atoms with van der Waals surface area (Å²) in [6.45, 7) is 1.86. The minimum atomic E-state index is -0.524. The molecule has 3 aromatic carbocycles. The summed E-state index contributed by atoms with van der Waals surface area (Å²) in [7, 11) is 0. The predicted molar refractivity (Wildman–Crippen MR) is 109 cm³/mol. The fraction of sp³-hybridized carbons (Fsp3) is 0.130. The van der Waals surface area contributed by atoms with Crippen molar-refractivity contribution in [2.75, 3.05) is 0 Å². The van der Waals surface area contributed by atoms with Crippen molar-refractivity contribution >= 4 is 11.6 Å². The van der Waals surface area contributed by atoms with Gasteiger partial charge in [-0.3, -0.25) is 14.9 Å². The van der Waals surface area contributed by atoms with Crippen molar-refractivity contribution in [1.29, 1.82) is 5.26 Å². The predicted octanol–water partition coefficient (Wildman–Crippen LogP) is 4.76. The van der Waals surface area contributed by atoms with Gasteiger partial charge in [-0.2, -0.15) is 5.26 Å². The molecule has 0 spiro atoms. The van der Waals surface area contributed by atoms with Gasteiger partial charge in [-0.25, -0.2) is 4.39 Å². The summed E-state index contributed by atoms with van der Waals surface area (Å²) in [5.41, 5.74) is 2.23. The van der Waals surface area contributed by atoms with E-state index in [0.29, 0.717) is 11.1 Å². The zero-order chi connectivity index (χ0) is 21.7. The van der Waals surface area contributed by atoms with E-state index < -0.39 is 16.6 Å². The lowest BCUT2D eigenvalue weighted by Crippen LogP contribution is -2.30. The molecule has 0 bridgehead atoms. The summed E-state index contributed by atoms with van der Waals surface area (Å²) >= 11 is 0. The van der Waals surface area contributed by atoms with Crippen molar-refractivity contribution in [3.05, 3.63) is 110 Å². The van der Waals surface area contributed by atoms with E-state index in [1.807, 2.05) is 6.07 Å². The first-order valence-electron chi connectivity index (χ1n) is 9.16. The number of amides is 1. The van der Waals surface area contributed by atoms with Crippen molar-refractivity contribution in [2.24, 2.45) is 0 Å². The number of carbonyl (C=O) groups excluding carboxylic acids is 1. The second-order valence-corrected chi connectivity index (χ2v) is 6.81. The van der Waals surface area contributed by atoms with Crippen LogP contribution in [0.2, 0.25) is 0 Å². The monoisotopic (exact) mass is 403 g/mol. The molecule has 0 saturated carbocycles. The van der Waals surface area contributed by atoms with Gasteiger partial charge in [0.2, 0.25) is 0 Å². The topological polar surface area (TPSA) is 87.2 Å². The number of hydrogen-bond donors (Lipinski definition) is 0. The normalized spacial score (nSPS) is 10.3. The average Bonchev–Trinajstić information content (AvgIpc) is 2.73. The zero-order valence-electron chi connectivity index (χ0n) is 16.2. The van der Waals surface area contributed by atoms with Crippen molar-refractivity contribution in [3.63, 3.8) is 0 Å². The van der Waals surface area contributed by atoms with Crippen LogP contribution in [0.5, 0.6) is 0 Å². The van der Waals surface area contributed by atoms with Gasteiger partial charge in [-0.05, 0) is 48.4 Å². The molecule has 0 aliphatic rings. The number of hydrogen-bond acceptors (Lipinski definition) is 4. The molecule has 3 aromatic rings. The number of nitro benzene ring substituents is 1. The Hall–Kier alpha value is -4.05. The fourth-order valence-electron chi connectivity index (χ4n) is 3.18. The first-order chi connectivity index (χ1) is 14.4. The van der Waals surface area contributed by atoms with Crippen LogP contribution in [0.25, 0.3) is 0 Å². The minimum Gasteiger partial charge on any atom is -0.330 e. The number of nitrogens with zero attached hydrogens (tertiary/aromatic N) is 3. The Morgan fingerprint density at radius 1 is 1.07 bits per heavy atom. The quantitative estimate of drug-likeness (QED) is 0.439. The van der Waals surface area contributed by atoms with E-state index in [1.54, 1.807) is 42.5 Å². The third-order valence-corrected chi connectivity index (χ3v) is 4.74. The highest BCUT2D eigenvalue weighted by Gasteiger charge is 2.23. The van der Waals surface area contributed by atoms with E-state index in [9.17, 15) is 19.3 Å². The van der Waals surface area contributed by atoms with E-state index in [2.05, 4.69) is 0 Å². The summed E-state index contributed by atoms with van der Waals surface area (Å²) in [5.74, 6) is -0.811. The second-order valence-electron chi connectivity index (χ2n) is 6.81.